The van der Waals surface area contributed by atoms with Gasteiger partial charge in [0.25, 0.3) is 0 Å². The van der Waals surface area contributed by atoms with Crippen LogP contribution in [0.1, 0.15) is 153 Å². The van der Waals surface area contributed by atoms with E-state index in [1.807, 2.05) is 0 Å². The number of nitrogens with zero attached hydrogens (tertiary/aromatic N) is 5. The molecule has 0 aliphatic heterocycles. The number of imidazole rings is 2. The van der Waals surface area contributed by atoms with E-state index in [4.69, 9.17) is 15.2 Å². The van der Waals surface area contributed by atoms with Crippen LogP contribution >= 0.6 is 0 Å². The van der Waals surface area contributed by atoms with E-state index in [0.29, 0.717) is 0 Å². The van der Waals surface area contributed by atoms with Gasteiger partial charge in [-0.2, -0.15) is 0 Å². The molecule has 2 aromatic heterocycles. The first-order valence-corrected chi connectivity index (χ1v) is 15.3. The van der Waals surface area contributed by atoms with Gasteiger partial charge in [0.2, 0.25) is 12.7 Å². The van der Waals surface area contributed by atoms with Gasteiger partial charge in [0.05, 0.1) is 24.2 Å². The molecule has 0 spiro atoms. The smallest absolute Gasteiger partial charge is 0.204 e. The second kappa shape index (κ2) is 19.4. The van der Waals surface area contributed by atoms with E-state index < -0.39 is 0 Å². The van der Waals surface area contributed by atoms with Crippen molar-refractivity contribution in [1.29, 1.82) is 0 Å². The summed E-state index contributed by atoms with van der Waals surface area (Å²) in [5.74, 6) is 0. The molecule has 4 aliphatic carbocycles. The fraction of sp³-hybridized carbons (Fsp3) is 0.774. The quantitative estimate of drug-likeness (QED) is 0.225. The average Bonchev–Trinajstić information content (AvgIpc) is 3.73. The molecule has 2 heterocycles. The minimum atomic E-state index is 0. The van der Waals surface area contributed by atoms with Gasteiger partial charge < -0.3 is 18.3 Å². The summed E-state index contributed by atoms with van der Waals surface area (Å²) in [7, 11) is 0. The van der Waals surface area contributed by atoms with Gasteiger partial charge in [-0.1, -0.05) is 25.7 Å². The molecule has 0 amide bonds. The molecular weight excluding hydrogens is 533 g/mol. The van der Waals surface area contributed by atoms with Gasteiger partial charge in [-0.25, -0.2) is 0 Å². The molecular formula is C31H48CoN5O2. The molecule has 0 bridgehead atoms. The second-order valence-corrected chi connectivity index (χ2v) is 11.6. The number of hydrogen-bond acceptors (Lipinski definition) is 1. The Hall–Kier alpha value is -1.73. The molecule has 218 valence electrons. The molecule has 4 saturated carbocycles. The molecule has 0 unspecified atom stereocenters. The van der Waals surface area contributed by atoms with Crippen LogP contribution in [-0.4, -0.2) is 9.13 Å². The third kappa shape index (κ3) is 10.3. The van der Waals surface area contributed by atoms with E-state index in [0.717, 1.165) is 24.2 Å². The topological polar surface area (TPSA) is 76.9 Å². The molecule has 39 heavy (non-hydrogen) atoms. The zero-order valence-corrected chi connectivity index (χ0v) is 24.7. The standard InChI is InChI=1S/2C15H24N2.CO.Co.NO/c2*1-3-7-14(8-4-1)16-11-12-17(13-16)15-9-5-2-6-10-15;1-2;;1-2/h2*11-12,14-15H,1-10H2;;;. The van der Waals surface area contributed by atoms with Crippen LogP contribution in [0.5, 0.6) is 0 Å². The normalized spacial score (nSPS) is 21.1. The van der Waals surface area contributed by atoms with E-state index >= 15 is 0 Å². The van der Waals surface area contributed by atoms with Gasteiger partial charge >= 0.3 is 11.3 Å². The van der Waals surface area contributed by atoms with Crippen LogP contribution in [0.4, 0.5) is 0 Å². The first-order chi connectivity index (χ1) is 18.9. The average molecular weight is 582 g/mol. The van der Waals surface area contributed by atoms with Crippen LogP contribution in [0.15, 0.2) is 24.8 Å². The molecule has 7 nitrogen and oxygen atoms in total. The van der Waals surface area contributed by atoms with E-state index in [9.17, 15) is 0 Å². The third-order valence-corrected chi connectivity index (χ3v) is 9.11. The molecule has 4 aliphatic rings. The molecule has 0 aromatic carbocycles. The summed E-state index contributed by atoms with van der Waals surface area (Å²) in [5, 5.41) is 0. The third-order valence-electron chi connectivity index (χ3n) is 9.11. The zero-order valence-electron chi connectivity index (χ0n) is 23.6. The fourth-order valence-electron chi connectivity index (χ4n) is 6.94. The second-order valence-electron chi connectivity index (χ2n) is 11.6. The molecule has 4 fully saturated rings. The van der Waals surface area contributed by atoms with Gasteiger partial charge in [-0.3, -0.25) is 0 Å². The van der Waals surface area contributed by atoms with E-state index in [-0.39, 0.29) is 16.8 Å². The van der Waals surface area contributed by atoms with Crippen molar-refractivity contribution in [3.63, 3.8) is 0 Å². The molecule has 0 N–H and O–H groups in total. The minimum absolute atomic E-state index is 0. The predicted octanol–water partition coefficient (Wildman–Crippen LogP) is 6.69. The van der Waals surface area contributed by atoms with Gasteiger partial charge in [-0.15, -0.1) is 4.91 Å². The number of nitroso groups, excluding NO2 is 1. The van der Waals surface area contributed by atoms with Crippen LogP contribution in [0, 0.1) is 24.2 Å². The van der Waals surface area contributed by atoms with E-state index in [2.05, 4.69) is 62.4 Å². The summed E-state index contributed by atoms with van der Waals surface area (Å²) in [5.41, 5.74) is 5.75. The zero-order chi connectivity index (χ0) is 27.0. The summed E-state index contributed by atoms with van der Waals surface area (Å²) in [4.78, 5) is 7.25. The molecule has 8 heteroatoms. The summed E-state index contributed by atoms with van der Waals surface area (Å²) in [6.07, 6.45) is 44.0. The predicted molar refractivity (Wildman–Crippen MR) is 145 cm³/mol. The summed E-state index contributed by atoms with van der Waals surface area (Å²) < 4.78 is 16.9. The molecule has 2 aromatic rings. The Balaban J connectivity index is 0.000000238. The SMILES string of the molecule is [C-]#[O+].[Co].[N]=O.[c-]1n(C2CCCCC2)cc[n+]1C1CCCCC1.[c-]1n(C2CCCCC2)cc[n+]1C1CCCCC1. The maximum Gasteiger partial charge on any atom is 0.204 e. The summed E-state index contributed by atoms with van der Waals surface area (Å²) >= 11 is 0. The Morgan fingerprint density at radius 1 is 0.564 bits per heavy atom. The maximum atomic E-state index is 7.50. The first kappa shape index (κ1) is 33.5. The molecule has 0 saturated heterocycles. The van der Waals surface area contributed by atoms with Crippen LogP contribution in [-0.2, 0) is 21.4 Å². The van der Waals surface area contributed by atoms with Gasteiger partial charge in [-0.05, 0) is 128 Å². The minimum Gasteiger partial charge on any atom is -0.349 e. The van der Waals surface area contributed by atoms with Crippen molar-refractivity contribution in [2.24, 2.45) is 0 Å². The Kier molecular flexibility index (Phi) is 16.6. The monoisotopic (exact) mass is 581 g/mol. The van der Waals surface area contributed by atoms with Crippen molar-refractivity contribution in [3.05, 3.63) is 49.0 Å². The van der Waals surface area contributed by atoms with Gasteiger partial charge in [0, 0.05) is 16.8 Å². The van der Waals surface area contributed by atoms with Gasteiger partial charge in [0.15, 0.2) is 0 Å². The van der Waals surface area contributed by atoms with Gasteiger partial charge in [0.1, 0.15) is 5.59 Å². The fourth-order valence-corrected chi connectivity index (χ4v) is 6.94. The van der Waals surface area contributed by atoms with E-state index in [1.54, 1.807) is 0 Å². The number of aromatic nitrogens is 4. The first-order valence-electron chi connectivity index (χ1n) is 15.3. The van der Waals surface area contributed by atoms with Crippen LogP contribution in [0.3, 0.4) is 0 Å². The van der Waals surface area contributed by atoms with Crippen molar-refractivity contribution in [2.45, 2.75) is 153 Å². The van der Waals surface area contributed by atoms with Crippen LogP contribution in [0.25, 0.3) is 0 Å². The van der Waals surface area contributed by atoms with Crippen molar-refractivity contribution < 1.29 is 30.6 Å². The Labute approximate surface area is 246 Å². The molecule has 6 rings (SSSR count). The van der Waals surface area contributed by atoms with Crippen molar-refractivity contribution in [2.75, 3.05) is 0 Å². The van der Waals surface area contributed by atoms with Crippen molar-refractivity contribution in [1.82, 2.24) is 14.7 Å². The Bertz CT molecular complexity index is 770. The Morgan fingerprint density at radius 2 is 0.846 bits per heavy atom. The van der Waals surface area contributed by atoms with Crippen LogP contribution < -0.4 is 14.7 Å². The maximum absolute atomic E-state index is 7.50. The molecule has 2 radical (unpaired) electrons. The van der Waals surface area contributed by atoms with Crippen LogP contribution in [0.2, 0.25) is 0 Å². The Morgan fingerprint density at radius 3 is 1.15 bits per heavy atom. The summed E-state index contributed by atoms with van der Waals surface area (Å²) in [6.45, 7) is 4.50. The van der Waals surface area contributed by atoms with Crippen molar-refractivity contribution in [3.8, 4) is 0 Å². The summed E-state index contributed by atoms with van der Waals surface area (Å²) in [6, 6.07) is 2.92. The van der Waals surface area contributed by atoms with E-state index in [1.165, 1.54) is 128 Å². The number of hydrogen-bond donors (Lipinski definition) is 0. The van der Waals surface area contributed by atoms with Crippen molar-refractivity contribution >= 4 is 0 Å². The number of rotatable bonds is 4. The molecule has 0 atom stereocenters. The largest absolute Gasteiger partial charge is 0.349 e.